The molecule has 3 aromatic rings. The summed E-state index contributed by atoms with van der Waals surface area (Å²) in [7, 11) is 0. The van der Waals surface area contributed by atoms with Gasteiger partial charge in [0.05, 0.1) is 12.2 Å². The van der Waals surface area contributed by atoms with E-state index in [0.717, 1.165) is 30.5 Å². The summed E-state index contributed by atoms with van der Waals surface area (Å²) in [5.74, 6) is -0.0386. The zero-order chi connectivity index (χ0) is 15.6. The molecule has 1 atom stereocenters. The molecule has 23 heavy (non-hydrogen) atoms. The second-order valence-electron chi connectivity index (χ2n) is 5.54. The van der Waals surface area contributed by atoms with Gasteiger partial charge in [-0.25, -0.2) is 0 Å². The third kappa shape index (κ3) is 2.65. The van der Waals surface area contributed by atoms with Crippen LogP contribution in [-0.2, 0) is 0 Å². The van der Waals surface area contributed by atoms with Gasteiger partial charge in [-0.15, -0.1) is 0 Å². The Morgan fingerprint density at radius 3 is 3.09 bits per heavy atom. The fraction of sp³-hybridized carbons (Fsp3) is 0.312. The number of anilines is 1. The van der Waals surface area contributed by atoms with Crippen LogP contribution in [0.15, 0.2) is 45.5 Å². The quantitative estimate of drug-likeness (QED) is 0.795. The molecule has 7 nitrogen and oxygen atoms in total. The van der Waals surface area contributed by atoms with Crippen LogP contribution in [0, 0.1) is 0 Å². The Hall–Kier alpha value is -2.83. The van der Waals surface area contributed by atoms with Crippen LogP contribution in [0.25, 0.3) is 11.1 Å². The Kier molecular flexibility index (Phi) is 3.45. The minimum atomic E-state index is -0.257. The lowest BCUT2D eigenvalue weighted by molar-refractivity contribution is 0.0914. The number of carbonyl (C=O) groups is 1. The highest BCUT2D eigenvalue weighted by Crippen LogP contribution is 2.27. The van der Waals surface area contributed by atoms with E-state index >= 15 is 0 Å². The summed E-state index contributed by atoms with van der Waals surface area (Å²) >= 11 is 0. The average Bonchev–Trinajstić information content (AvgIpc) is 3.31. The van der Waals surface area contributed by atoms with Crippen LogP contribution in [-0.4, -0.2) is 35.2 Å². The highest BCUT2D eigenvalue weighted by Gasteiger charge is 2.29. The number of para-hydroxylation sites is 2. The van der Waals surface area contributed by atoms with Gasteiger partial charge in [-0.3, -0.25) is 4.79 Å². The second kappa shape index (κ2) is 5.75. The molecule has 1 aromatic carbocycles. The monoisotopic (exact) mass is 312 g/mol. The van der Waals surface area contributed by atoms with Crippen LogP contribution in [0.4, 0.5) is 6.01 Å². The zero-order valence-electron chi connectivity index (χ0n) is 12.4. The van der Waals surface area contributed by atoms with Gasteiger partial charge in [0.15, 0.2) is 5.58 Å². The second-order valence-corrected chi connectivity index (χ2v) is 5.54. The van der Waals surface area contributed by atoms with E-state index in [4.69, 9.17) is 8.94 Å². The first kappa shape index (κ1) is 13.8. The highest BCUT2D eigenvalue weighted by atomic mass is 16.5. The molecule has 1 fully saturated rings. The van der Waals surface area contributed by atoms with Crippen LogP contribution in [0.2, 0.25) is 0 Å². The largest absolute Gasteiger partial charge is 0.423 e. The lowest BCUT2D eigenvalue weighted by Gasteiger charge is -2.22. The van der Waals surface area contributed by atoms with E-state index < -0.39 is 0 Å². The minimum absolute atomic E-state index is 0.162. The van der Waals surface area contributed by atoms with Crippen molar-refractivity contribution in [2.45, 2.75) is 18.9 Å². The van der Waals surface area contributed by atoms with Crippen molar-refractivity contribution >= 4 is 23.0 Å². The summed E-state index contributed by atoms with van der Waals surface area (Å²) in [4.78, 5) is 18.6. The molecule has 2 aromatic heterocycles. The number of amides is 1. The van der Waals surface area contributed by atoms with Crippen LogP contribution < -0.4 is 10.2 Å². The van der Waals surface area contributed by atoms with E-state index in [9.17, 15) is 4.79 Å². The highest BCUT2D eigenvalue weighted by molar-refractivity contribution is 5.91. The Labute approximate surface area is 132 Å². The number of hydrogen-bond acceptors (Lipinski definition) is 6. The first-order valence-electron chi connectivity index (χ1n) is 7.62. The lowest BCUT2D eigenvalue weighted by Crippen LogP contribution is -2.40. The van der Waals surface area contributed by atoms with Crippen LogP contribution in [0.3, 0.4) is 0 Å². The molecule has 1 aliphatic rings. The third-order valence-electron chi connectivity index (χ3n) is 4.07. The number of oxazole rings is 1. The number of nitrogens with one attached hydrogen (secondary N) is 1. The molecule has 4 rings (SSSR count). The molecule has 1 saturated heterocycles. The molecule has 1 N–H and O–H groups in total. The summed E-state index contributed by atoms with van der Waals surface area (Å²) < 4.78 is 10.7. The Balaban J connectivity index is 1.47. The summed E-state index contributed by atoms with van der Waals surface area (Å²) in [5, 5.41) is 6.42. The van der Waals surface area contributed by atoms with Crippen molar-refractivity contribution in [3.63, 3.8) is 0 Å². The fourth-order valence-corrected chi connectivity index (χ4v) is 2.91. The molecule has 0 aliphatic carbocycles. The number of fused-ring (bicyclic) bond motifs is 1. The van der Waals surface area contributed by atoms with Crippen molar-refractivity contribution in [1.29, 1.82) is 0 Å². The predicted octanol–water partition coefficient (Wildman–Crippen LogP) is 2.21. The van der Waals surface area contributed by atoms with Crippen LogP contribution >= 0.6 is 0 Å². The van der Waals surface area contributed by atoms with Crippen molar-refractivity contribution < 1.29 is 13.7 Å². The van der Waals surface area contributed by atoms with Crippen molar-refractivity contribution in [3.8, 4) is 0 Å². The van der Waals surface area contributed by atoms with Crippen LogP contribution in [0.1, 0.15) is 23.4 Å². The molecule has 0 unspecified atom stereocenters. The zero-order valence-corrected chi connectivity index (χ0v) is 12.4. The summed E-state index contributed by atoms with van der Waals surface area (Å²) in [6.45, 7) is 1.38. The maximum Gasteiger partial charge on any atom is 0.298 e. The van der Waals surface area contributed by atoms with Crippen molar-refractivity contribution in [2.75, 3.05) is 18.0 Å². The molecule has 0 radical (unpaired) electrons. The summed E-state index contributed by atoms with van der Waals surface area (Å²) in [6, 6.07) is 10.0. The Bertz CT molecular complexity index is 779. The van der Waals surface area contributed by atoms with E-state index in [-0.39, 0.29) is 17.7 Å². The maximum atomic E-state index is 11.9. The van der Waals surface area contributed by atoms with E-state index in [1.54, 1.807) is 6.07 Å². The molecule has 0 saturated carbocycles. The standard InChI is InChI=1S/C16H16N4O3/c21-15(14-7-8-18-23-14)17-10-11-4-3-9-20(11)16-19-12-5-1-2-6-13(12)22-16/h1-2,5-8,11H,3-4,9-10H2,(H,17,21)/t11-/m0/s1. The molecule has 3 heterocycles. The molecule has 1 amide bonds. The van der Waals surface area contributed by atoms with Gasteiger partial charge in [0.1, 0.15) is 5.52 Å². The van der Waals surface area contributed by atoms with Crippen molar-refractivity contribution in [1.82, 2.24) is 15.5 Å². The van der Waals surface area contributed by atoms with E-state index in [1.165, 1.54) is 6.20 Å². The van der Waals surface area contributed by atoms with Gasteiger partial charge in [0, 0.05) is 19.2 Å². The van der Waals surface area contributed by atoms with Gasteiger partial charge in [0.25, 0.3) is 11.9 Å². The number of benzene rings is 1. The Morgan fingerprint density at radius 1 is 1.35 bits per heavy atom. The molecule has 1 aliphatic heterocycles. The fourth-order valence-electron chi connectivity index (χ4n) is 2.91. The van der Waals surface area contributed by atoms with Gasteiger partial charge < -0.3 is 19.2 Å². The van der Waals surface area contributed by atoms with Crippen LogP contribution in [0.5, 0.6) is 0 Å². The van der Waals surface area contributed by atoms with Gasteiger partial charge in [-0.05, 0) is 25.0 Å². The van der Waals surface area contributed by atoms with Gasteiger partial charge in [0.2, 0.25) is 5.76 Å². The number of hydrogen-bond donors (Lipinski definition) is 1. The molecular weight excluding hydrogens is 296 g/mol. The summed E-state index contributed by atoms with van der Waals surface area (Å²) in [5.41, 5.74) is 1.62. The van der Waals surface area contributed by atoms with E-state index in [0.29, 0.717) is 12.6 Å². The number of rotatable bonds is 4. The molecule has 7 heteroatoms. The molecule has 0 spiro atoms. The first-order valence-corrected chi connectivity index (χ1v) is 7.62. The van der Waals surface area contributed by atoms with Crippen molar-refractivity contribution in [3.05, 3.63) is 42.3 Å². The minimum Gasteiger partial charge on any atom is -0.423 e. The van der Waals surface area contributed by atoms with E-state index in [1.807, 2.05) is 24.3 Å². The lowest BCUT2D eigenvalue weighted by atomic mass is 10.2. The Morgan fingerprint density at radius 2 is 2.26 bits per heavy atom. The number of carbonyl (C=O) groups excluding carboxylic acids is 1. The predicted molar refractivity (Wildman–Crippen MR) is 83.2 cm³/mol. The SMILES string of the molecule is O=C(NC[C@@H]1CCCN1c1nc2ccccc2o1)c1ccno1. The maximum absolute atomic E-state index is 11.9. The van der Waals surface area contributed by atoms with Gasteiger partial charge in [-0.1, -0.05) is 17.3 Å². The molecule has 118 valence electrons. The first-order chi connectivity index (χ1) is 11.3. The van der Waals surface area contributed by atoms with Gasteiger partial charge >= 0.3 is 0 Å². The van der Waals surface area contributed by atoms with E-state index in [2.05, 4.69) is 20.4 Å². The van der Waals surface area contributed by atoms with Crippen molar-refractivity contribution in [2.24, 2.45) is 0 Å². The smallest absolute Gasteiger partial charge is 0.298 e. The molecule has 0 bridgehead atoms. The molecular formula is C16H16N4O3. The number of nitrogens with zero attached hydrogens (tertiary/aromatic N) is 3. The topological polar surface area (TPSA) is 84.4 Å². The summed E-state index contributed by atoms with van der Waals surface area (Å²) in [6.07, 6.45) is 3.48. The van der Waals surface area contributed by atoms with Gasteiger partial charge in [-0.2, -0.15) is 4.98 Å². The normalized spacial score (nSPS) is 17.7. The third-order valence-corrected chi connectivity index (χ3v) is 4.07. The average molecular weight is 312 g/mol. The number of aromatic nitrogens is 2.